The maximum atomic E-state index is 12.0. The monoisotopic (exact) mass is 427 g/mol. The van der Waals surface area contributed by atoms with Crippen molar-refractivity contribution in [2.24, 2.45) is 0 Å². The number of carbonyl (C=O) groups is 1. The SMILES string of the molecule is CCOc1ccc(OCc2ccc3cc(C(C)NC(=O)OC(C)(C)C)sc3c2)cc1. The fraction of sp³-hybridized carbons (Fsp3) is 0.375. The summed E-state index contributed by atoms with van der Waals surface area (Å²) < 4.78 is 17.9. The van der Waals surface area contributed by atoms with Crippen LogP contribution in [0.5, 0.6) is 11.5 Å². The molecule has 0 fully saturated rings. The van der Waals surface area contributed by atoms with Gasteiger partial charge in [-0.05, 0) is 82.0 Å². The van der Waals surface area contributed by atoms with Crippen molar-refractivity contribution in [2.45, 2.75) is 52.9 Å². The average molecular weight is 428 g/mol. The third-order valence-corrected chi connectivity index (χ3v) is 5.58. The van der Waals surface area contributed by atoms with Crippen molar-refractivity contribution < 1.29 is 19.0 Å². The predicted molar refractivity (Wildman–Crippen MR) is 122 cm³/mol. The number of amides is 1. The van der Waals surface area contributed by atoms with E-state index >= 15 is 0 Å². The second-order valence-corrected chi connectivity index (χ2v) is 9.20. The minimum atomic E-state index is -0.512. The van der Waals surface area contributed by atoms with Crippen LogP contribution in [0.25, 0.3) is 10.1 Å². The van der Waals surface area contributed by atoms with Gasteiger partial charge in [-0.1, -0.05) is 12.1 Å². The summed E-state index contributed by atoms with van der Waals surface area (Å²) in [5.41, 5.74) is 0.583. The molecule has 1 N–H and O–H groups in total. The van der Waals surface area contributed by atoms with E-state index in [9.17, 15) is 4.79 Å². The number of benzene rings is 2. The molecule has 1 atom stereocenters. The number of ether oxygens (including phenoxy) is 3. The second-order valence-electron chi connectivity index (χ2n) is 8.08. The van der Waals surface area contributed by atoms with Gasteiger partial charge in [-0.15, -0.1) is 11.3 Å². The first-order chi connectivity index (χ1) is 14.2. The predicted octanol–water partition coefficient (Wildman–Crippen LogP) is 6.46. The van der Waals surface area contributed by atoms with Gasteiger partial charge < -0.3 is 19.5 Å². The van der Waals surface area contributed by atoms with Crippen molar-refractivity contribution in [3.8, 4) is 11.5 Å². The molecule has 0 radical (unpaired) electrons. The first-order valence-electron chi connectivity index (χ1n) is 10.1. The molecule has 0 saturated heterocycles. The van der Waals surface area contributed by atoms with Gasteiger partial charge in [0.1, 0.15) is 23.7 Å². The molecule has 0 saturated carbocycles. The van der Waals surface area contributed by atoms with Crippen LogP contribution in [0.3, 0.4) is 0 Å². The number of hydrogen-bond acceptors (Lipinski definition) is 5. The molecule has 3 rings (SSSR count). The van der Waals surface area contributed by atoms with Crippen LogP contribution in [-0.2, 0) is 11.3 Å². The molecule has 2 aromatic carbocycles. The zero-order valence-corrected chi connectivity index (χ0v) is 19.0. The summed E-state index contributed by atoms with van der Waals surface area (Å²) in [7, 11) is 0. The molecular formula is C24H29NO4S. The molecule has 30 heavy (non-hydrogen) atoms. The van der Waals surface area contributed by atoms with E-state index in [0.29, 0.717) is 13.2 Å². The molecule has 0 aliphatic heterocycles. The summed E-state index contributed by atoms with van der Waals surface area (Å²) in [5, 5.41) is 4.05. The number of alkyl carbamates (subject to hydrolysis) is 1. The Morgan fingerprint density at radius 2 is 1.70 bits per heavy atom. The Kier molecular flexibility index (Phi) is 6.87. The van der Waals surface area contributed by atoms with Crippen molar-refractivity contribution in [3.63, 3.8) is 0 Å². The van der Waals surface area contributed by atoms with Gasteiger partial charge in [0.15, 0.2) is 0 Å². The van der Waals surface area contributed by atoms with E-state index in [1.807, 2.05) is 58.9 Å². The smallest absolute Gasteiger partial charge is 0.408 e. The zero-order valence-electron chi connectivity index (χ0n) is 18.2. The topological polar surface area (TPSA) is 56.8 Å². The van der Waals surface area contributed by atoms with Crippen LogP contribution in [-0.4, -0.2) is 18.3 Å². The number of nitrogens with one attached hydrogen (secondary N) is 1. The summed E-state index contributed by atoms with van der Waals surface area (Å²) >= 11 is 1.67. The molecule has 160 valence electrons. The summed E-state index contributed by atoms with van der Waals surface area (Å²) in [6.07, 6.45) is -0.406. The summed E-state index contributed by atoms with van der Waals surface area (Å²) in [4.78, 5) is 13.1. The van der Waals surface area contributed by atoms with E-state index in [1.54, 1.807) is 11.3 Å². The van der Waals surface area contributed by atoms with Gasteiger partial charge in [0, 0.05) is 9.58 Å². The van der Waals surface area contributed by atoms with Crippen LogP contribution >= 0.6 is 11.3 Å². The lowest BCUT2D eigenvalue weighted by molar-refractivity contribution is 0.0508. The van der Waals surface area contributed by atoms with Gasteiger partial charge in [-0.2, -0.15) is 0 Å². The lowest BCUT2D eigenvalue weighted by Crippen LogP contribution is -2.33. The van der Waals surface area contributed by atoms with Crippen LogP contribution in [0.2, 0.25) is 0 Å². The second kappa shape index (κ2) is 9.39. The standard InChI is InChI=1S/C24H29NO4S/c1-6-27-19-9-11-20(12-10-19)28-15-17-7-8-18-14-21(30-22(18)13-17)16(2)25-23(26)29-24(3,4)5/h7-14,16H,6,15H2,1-5H3,(H,25,26). The van der Waals surface area contributed by atoms with Gasteiger partial charge >= 0.3 is 6.09 Å². The molecule has 1 amide bonds. The van der Waals surface area contributed by atoms with E-state index in [-0.39, 0.29) is 6.04 Å². The van der Waals surface area contributed by atoms with Crippen molar-refractivity contribution in [1.82, 2.24) is 5.32 Å². The Morgan fingerprint density at radius 3 is 2.33 bits per heavy atom. The Hall–Kier alpha value is -2.73. The quantitative estimate of drug-likeness (QED) is 0.470. The molecule has 1 aromatic heterocycles. The van der Waals surface area contributed by atoms with Gasteiger partial charge in [0.05, 0.1) is 12.6 Å². The van der Waals surface area contributed by atoms with E-state index in [0.717, 1.165) is 32.0 Å². The Labute approximate surface area is 182 Å². The minimum absolute atomic E-state index is 0.124. The highest BCUT2D eigenvalue weighted by Gasteiger charge is 2.19. The fourth-order valence-electron chi connectivity index (χ4n) is 2.92. The Bertz CT molecular complexity index is 989. The first kappa shape index (κ1) is 22.0. The normalized spacial score (nSPS) is 12.4. The number of rotatable bonds is 7. The zero-order chi connectivity index (χ0) is 21.7. The molecule has 0 aliphatic carbocycles. The molecule has 0 bridgehead atoms. The molecule has 0 spiro atoms. The number of hydrogen-bond donors (Lipinski definition) is 1. The van der Waals surface area contributed by atoms with Crippen molar-refractivity contribution in [1.29, 1.82) is 0 Å². The molecule has 1 heterocycles. The van der Waals surface area contributed by atoms with Crippen molar-refractivity contribution in [3.05, 3.63) is 59.0 Å². The van der Waals surface area contributed by atoms with Gasteiger partial charge in [0.2, 0.25) is 0 Å². The van der Waals surface area contributed by atoms with Gasteiger partial charge in [0.25, 0.3) is 0 Å². The number of fused-ring (bicyclic) bond motifs is 1. The van der Waals surface area contributed by atoms with Gasteiger partial charge in [-0.25, -0.2) is 4.79 Å². The largest absolute Gasteiger partial charge is 0.494 e. The Morgan fingerprint density at radius 1 is 1.03 bits per heavy atom. The molecule has 3 aromatic rings. The maximum Gasteiger partial charge on any atom is 0.408 e. The lowest BCUT2D eigenvalue weighted by atomic mass is 10.1. The maximum absolute atomic E-state index is 12.0. The van der Waals surface area contributed by atoms with Crippen LogP contribution in [0, 0.1) is 0 Å². The molecular weight excluding hydrogens is 398 g/mol. The van der Waals surface area contributed by atoms with Crippen molar-refractivity contribution >= 4 is 27.5 Å². The van der Waals surface area contributed by atoms with Crippen LogP contribution in [0.1, 0.15) is 51.1 Å². The summed E-state index contributed by atoms with van der Waals surface area (Å²) in [6.45, 7) is 10.6. The lowest BCUT2D eigenvalue weighted by Gasteiger charge is -2.21. The number of carbonyl (C=O) groups excluding carboxylic acids is 1. The van der Waals surface area contributed by atoms with Crippen molar-refractivity contribution in [2.75, 3.05) is 6.61 Å². The molecule has 5 nitrogen and oxygen atoms in total. The fourth-order valence-corrected chi connectivity index (χ4v) is 4.05. The van der Waals surface area contributed by atoms with E-state index in [4.69, 9.17) is 14.2 Å². The highest BCUT2D eigenvalue weighted by Crippen LogP contribution is 2.31. The minimum Gasteiger partial charge on any atom is -0.494 e. The molecule has 1 unspecified atom stereocenters. The van der Waals surface area contributed by atoms with Crippen LogP contribution < -0.4 is 14.8 Å². The van der Waals surface area contributed by atoms with E-state index in [1.165, 1.54) is 0 Å². The third kappa shape index (κ3) is 6.13. The van der Waals surface area contributed by atoms with E-state index in [2.05, 4.69) is 29.6 Å². The third-order valence-electron chi connectivity index (χ3n) is 4.30. The van der Waals surface area contributed by atoms with Gasteiger partial charge in [-0.3, -0.25) is 0 Å². The summed E-state index contributed by atoms with van der Waals surface area (Å²) in [5.74, 6) is 1.65. The molecule has 6 heteroatoms. The van der Waals surface area contributed by atoms with Crippen LogP contribution in [0.15, 0.2) is 48.5 Å². The van der Waals surface area contributed by atoms with Crippen LogP contribution in [0.4, 0.5) is 4.79 Å². The molecule has 0 aliphatic rings. The highest BCUT2D eigenvalue weighted by molar-refractivity contribution is 7.19. The number of thiophene rings is 1. The first-order valence-corrected chi connectivity index (χ1v) is 10.9. The Balaban J connectivity index is 1.63. The van der Waals surface area contributed by atoms with E-state index < -0.39 is 11.7 Å². The summed E-state index contributed by atoms with van der Waals surface area (Å²) in [6, 6.07) is 15.9. The average Bonchev–Trinajstić information content (AvgIpc) is 3.10. The highest BCUT2D eigenvalue weighted by atomic mass is 32.1.